The van der Waals surface area contributed by atoms with Gasteiger partial charge in [0, 0.05) is 19.9 Å². The lowest BCUT2D eigenvalue weighted by molar-refractivity contribution is 0.0691. The number of imidazole rings is 1. The second-order valence-corrected chi connectivity index (χ2v) is 4.23. The van der Waals surface area contributed by atoms with Crippen molar-refractivity contribution in [2.45, 2.75) is 12.8 Å². The van der Waals surface area contributed by atoms with Crippen LogP contribution in [0.4, 0.5) is 0 Å². The van der Waals surface area contributed by atoms with E-state index in [1.54, 1.807) is 10.8 Å². The predicted octanol–water partition coefficient (Wildman–Crippen LogP) is 1.14. The Morgan fingerprint density at radius 3 is 2.95 bits per heavy atom. The lowest BCUT2D eigenvalue weighted by atomic mass is 10.2. The van der Waals surface area contributed by atoms with Crippen molar-refractivity contribution in [3.63, 3.8) is 0 Å². The number of rotatable bonds is 4. The number of carboxylic acid groups (broad SMARTS) is 1. The van der Waals surface area contributed by atoms with Crippen LogP contribution in [-0.4, -0.2) is 30.2 Å². The highest BCUT2D eigenvalue weighted by atomic mass is 16.4. The minimum absolute atomic E-state index is 0.00400. The molecule has 0 amide bonds. The van der Waals surface area contributed by atoms with E-state index in [-0.39, 0.29) is 5.69 Å². The number of carbonyl (C=O) groups is 1. The van der Waals surface area contributed by atoms with Crippen LogP contribution in [0.1, 0.15) is 22.1 Å². The Labute approximate surface area is 108 Å². The predicted molar refractivity (Wildman–Crippen MR) is 65.0 cm³/mol. The van der Waals surface area contributed by atoms with Gasteiger partial charge in [0.2, 0.25) is 5.78 Å². The van der Waals surface area contributed by atoms with E-state index in [0.29, 0.717) is 12.2 Å². The maximum Gasteiger partial charge on any atom is 0.356 e. The number of nitrogens with zero attached hydrogens (tertiary/aromatic N) is 4. The highest BCUT2D eigenvalue weighted by Crippen LogP contribution is 2.10. The van der Waals surface area contributed by atoms with Crippen molar-refractivity contribution in [1.29, 1.82) is 0 Å². The molecule has 7 nitrogen and oxygen atoms in total. The van der Waals surface area contributed by atoms with E-state index in [2.05, 4.69) is 10.1 Å². The first kappa shape index (κ1) is 11.5. The van der Waals surface area contributed by atoms with Gasteiger partial charge < -0.3 is 9.52 Å². The lowest BCUT2D eigenvalue weighted by Gasteiger charge is -1.98. The summed E-state index contributed by atoms with van der Waals surface area (Å²) < 4.78 is 8.54. The molecule has 3 rings (SSSR count). The smallest absolute Gasteiger partial charge is 0.356 e. The molecule has 3 heterocycles. The van der Waals surface area contributed by atoms with Crippen LogP contribution >= 0.6 is 0 Å². The van der Waals surface area contributed by atoms with Crippen LogP contribution in [0.5, 0.6) is 0 Å². The van der Waals surface area contributed by atoms with E-state index < -0.39 is 5.97 Å². The molecule has 0 aliphatic rings. The summed E-state index contributed by atoms with van der Waals surface area (Å²) in [7, 11) is 1.82. The molecule has 0 aliphatic carbocycles. The molecule has 7 heteroatoms. The van der Waals surface area contributed by atoms with Gasteiger partial charge in [-0.15, -0.1) is 0 Å². The third-order valence-electron chi connectivity index (χ3n) is 2.97. The Morgan fingerprint density at radius 1 is 1.47 bits per heavy atom. The van der Waals surface area contributed by atoms with Gasteiger partial charge in [-0.05, 0) is 12.1 Å². The normalized spacial score (nSPS) is 11.2. The summed E-state index contributed by atoms with van der Waals surface area (Å²) in [6, 6.07) is 3.76. The summed E-state index contributed by atoms with van der Waals surface area (Å²) in [6.07, 6.45) is 4.50. The third-order valence-corrected chi connectivity index (χ3v) is 2.97. The van der Waals surface area contributed by atoms with E-state index in [0.717, 1.165) is 18.0 Å². The van der Waals surface area contributed by atoms with Gasteiger partial charge in [-0.2, -0.15) is 5.10 Å². The summed E-state index contributed by atoms with van der Waals surface area (Å²) in [6.45, 7) is 0. The van der Waals surface area contributed by atoms with Gasteiger partial charge in [-0.25, -0.2) is 14.3 Å². The van der Waals surface area contributed by atoms with Gasteiger partial charge in [0.15, 0.2) is 5.69 Å². The zero-order valence-electron chi connectivity index (χ0n) is 10.3. The fraction of sp³-hybridized carbons (Fsp3) is 0.250. The number of aromatic nitrogens is 4. The molecule has 0 bridgehead atoms. The van der Waals surface area contributed by atoms with E-state index >= 15 is 0 Å². The molecular formula is C12H12N4O3. The Hall–Kier alpha value is -2.57. The third kappa shape index (κ3) is 1.99. The summed E-state index contributed by atoms with van der Waals surface area (Å²) >= 11 is 0. The maximum atomic E-state index is 10.8. The average molecular weight is 260 g/mol. The molecule has 0 radical (unpaired) electrons. The van der Waals surface area contributed by atoms with Crippen molar-refractivity contribution in [3.05, 3.63) is 41.9 Å². The zero-order valence-corrected chi connectivity index (χ0v) is 10.3. The Bertz CT molecular complexity index is 724. The molecule has 0 spiro atoms. The standard InChI is InChI=1S/C12H12N4O3/c1-15-10(5-4-8-3-2-6-19-8)14-16-7-9(11(17)18)13-12(15)16/h2-3,6-7H,4-5H2,1H3,(H,17,18). The van der Waals surface area contributed by atoms with Gasteiger partial charge in [0.05, 0.1) is 12.5 Å². The fourth-order valence-electron chi connectivity index (χ4n) is 1.98. The molecule has 0 aromatic carbocycles. The van der Waals surface area contributed by atoms with Crippen molar-refractivity contribution in [2.75, 3.05) is 0 Å². The molecular weight excluding hydrogens is 248 g/mol. The Kier molecular flexibility index (Phi) is 2.59. The summed E-state index contributed by atoms with van der Waals surface area (Å²) in [5.41, 5.74) is -0.00400. The average Bonchev–Trinajstić information content (AvgIpc) is 3.05. The molecule has 0 saturated heterocycles. The van der Waals surface area contributed by atoms with Crippen molar-refractivity contribution >= 4 is 11.7 Å². The second-order valence-electron chi connectivity index (χ2n) is 4.23. The van der Waals surface area contributed by atoms with Crippen molar-refractivity contribution in [1.82, 2.24) is 19.2 Å². The second kappa shape index (κ2) is 4.27. The number of aromatic carboxylic acids is 1. The van der Waals surface area contributed by atoms with Crippen molar-refractivity contribution < 1.29 is 14.3 Å². The Balaban J connectivity index is 1.86. The van der Waals surface area contributed by atoms with Gasteiger partial charge in [0.1, 0.15) is 11.6 Å². The summed E-state index contributed by atoms with van der Waals surface area (Å²) in [4.78, 5) is 14.8. The first-order valence-corrected chi connectivity index (χ1v) is 5.82. The molecule has 0 fully saturated rings. The topological polar surface area (TPSA) is 85.6 Å². The number of carboxylic acids is 1. The van der Waals surface area contributed by atoms with Gasteiger partial charge in [0.25, 0.3) is 0 Å². The molecule has 19 heavy (non-hydrogen) atoms. The van der Waals surface area contributed by atoms with Gasteiger partial charge in [-0.3, -0.25) is 4.57 Å². The summed E-state index contributed by atoms with van der Waals surface area (Å²) in [5, 5.41) is 13.2. The molecule has 3 aromatic rings. The quantitative estimate of drug-likeness (QED) is 0.760. The minimum Gasteiger partial charge on any atom is -0.476 e. The SMILES string of the molecule is Cn1c(CCc2ccco2)nn2cc(C(=O)O)nc12. The monoisotopic (exact) mass is 260 g/mol. The van der Waals surface area contributed by atoms with E-state index in [9.17, 15) is 4.79 Å². The highest BCUT2D eigenvalue weighted by molar-refractivity contribution is 5.85. The molecule has 0 saturated carbocycles. The number of hydrogen-bond donors (Lipinski definition) is 1. The van der Waals surface area contributed by atoms with Crippen LogP contribution in [-0.2, 0) is 19.9 Å². The van der Waals surface area contributed by atoms with E-state index in [4.69, 9.17) is 9.52 Å². The van der Waals surface area contributed by atoms with Crippen LogP contribution < -0.4 is 0 Å². The largest absolute Gasteiger partial charge is 0.476 e. The minimum atomic E-state index is -1.05. The molecule has 98 valence electrons. The molecule has 3 aromatic heterocycles. The van der Waals surface area contributed by atoms with E-state index in [1.165, 1.54) is 10.7 Å². The van der Waals surface area contributed by atoms with Crippen LogP contribution in [0.25, 0.3) is 5.78 Å². The lowest BCUT2D eigenvalue weighted by Crippen LogP contribution is -2.02. The van der Waals surface area contributed by atoms with Gasteiger partial charge in [-0.1, -0.05) is 0 Å². The van der Waals surface area contributed by atoms with Crippen molar-refractivity contribution in [2.24, 2.45) is 7.05 Å². The molecule has 0 unspecified atom stereocenters. The van der Waals surface area contributed by atoms with Crippen molar-refractivity contribution in [3.8, 4) is 0 Å². The fourth-order valence-corrected chi connectivity index (χ4v) is 1.98. The van der Waals surface area contributed by atoms with Crippen LogP contribution in [0.2, 0.25) is 0 Å². The number of furan rings is 1. The summed E-state index contributed by atoms with van der Waals surface area (Å²) in [5.74, 6) is 1.19. The number of aryl methyl sites for hydroxylation is 3. The molecule has 1 N–H and O–H groups in total. The Morgan fingerprint density at radius 2 is 2.32 bits per heavy atom. The molecule has 0 aliphatic heterocycles. The van der Waals surface area contributed by atoms with Crippen LogP contribution in [0.3, 0.4) is 0 Å². The zero-order chi connectivity index (χ0) is 13.4. The number of fused-ring (bicyclic) bond motifs is 1. The first-order chi connectivity index (χ1) is 9.15. The van der Waals surface area contributed by atoms with E-state index in [1.807, 2.05) is 19.2 Å². The first-order valence-electron chi connectivity index (χ1n) is 5.82. The maximum absolute atomic E-state index is 10.8. The highest BCUT2D eigenvalue weighted by Gasteiger charge is 2.15. The van der Waals surface area contributed by atoms with Crippen LogP contribution in [0, 0.1) is 0 Å². The van der Waals surface area contributed by atoms with Gasteiger partial charge >= 0.3 is 5.97 Å². The molecule has 0 atom stereocenters. The van der Waals surface area contributed by atoms with Crippen LogP contribution in [0.15, 0.2) is 29.0 Å². The number of hydrogen-bond acceptors (Lipinski definition) is 4.